The van der Waals surface area contributed by atoms with Gasteiger partial charge in [0.25, 0.3) is 0 Å². The summed E-state index contributed by atoms with van der Waals surface area (Å²) in [7, 11) is -4.07. The number of fused-ring (bicyclic) bond motifs is 1. The molecular weight excluding hydrogens is 238 g/mol. The standard InChI is InChI=1S/C10H10F2O3S/c11-5-16(14,15)9-4-2-7(12)6-1-3-8(13)10(6)9/h2,4,8,13H,1,3,5H2/t8-/m1/s1. The maximum atomic E-state index is 13.3. The van der Waals surface area contributed by atoms with Gasteiger partial charge in [-0.05, 0) is 30.5 Å². The Kier molecular flexibility index (Phi) is 2.71. The lowest BCUT2D eigenvalue weighted by molar-refractivity contribution is 0.177. The predicted octanol–water partition coefficient (Wildman–Crippen LogP) is 1.51. The van der Waals surface area contributed by atoms with Crippen LogP contribution < -0.4 is 0 Å². The molecule has 2 rings (SSSR count). The first kappa shape index (κ1) is 11.5. The Morgan fingerprint density at radius 1 is 1.44 bits per heavy atom. The maximum absolute atomic E-state index is 13.3. The summed E-state index contributed by atoms with van der Waals surface area (Å²) in [6, 6.07) is 0.467. The summed E-state index contributed by atoms with van der Waals surface area (Å²) in [5, 5.41) is 9.59. The van der Waals surface area contributed by atoms with Gasteiger partial charge in [0, 0.05) is 5.56 Å². The molecule has 0 bridgehead atoms. The van der Waals surface area contributed by atoms with Crippen molar-refractivity contribution in [3.63, 3.8) is 0 Å². The van der Waals surface area contributed by atoms with Gasteiger partial charge in [-0.1, -0.05) is 0 Å². The number of rotatable bonds is 2. The first-order valence-electron chi connectivity index (χ1n) is 4.75. The number of halogens is 2. The molecule has 0 aliphatic heterocycles. The number of aliphatic hydroxyl groups excluding tert-OH is 1. The fourth-order valence-electron chi connectivity index (χ4n) is 1.99. The molecule has 0 heterocycles. The second-order valence-electron chi connectivity index (χ2n) is 3.72. The van der Waals surface area contributed by atoms with Gasteiger partial charge in [-0.3, -0.25) is 0 Å². The minimum atomic E-state index is -4.07. The van der Waals surface area contributed by atoms with Gasteiger partial charge in [0.05, 0.1) is 11.0 Å². The SMILES string of the molecule is O=S(=O)(CF)c1ccc(F)c2c1[C@H](O)CC2. The van der Waals surface area contributed by atoms with Crippen molar-refractivity contribution in [2.45, 2.75) is 23.8 Å². The Morgan fingerprint density at radius 3 is 2.75 bits per heavy atom. The van der Waals surface area contributed by atoms with E-state index in [4.69, 9.17) is 0 Å². The molecule has 0 radical (unpaired) electrons. The van der Waals surface area contributed by atoms with Crippen LogP contribution in [0.4, 0.5) is 8.78 Å². The molecule has 16 heavy (non-hydrogen) atoms. The highest BCUT2D eigenvalue weighted by Gasteiger charge is 2.31. The van der Waals surface area contributed by atoms with Gasteiger partial charge in [0.1, 0.15) is 5.82 Å². The monoisotopic (exact) mass is 248 g/mol. The molecule has 88 valence electrons. The van der Waals surface area contributed by atoms with Gasteiger partial charge in [0.15, 0.2) is 6.01 Å². The molecule has 0 aromatic heterocycles. The quantitative estimate of drug-likeness (QED) is 0.807. The Morgan fingerprint density at radius 2 is 2.12 bits per heavy atom. The van der Waals surface area contributed by atoms with Crippen molar-refractivity contribution >= 4 is 9.84 Å². The first-order valence-corrected chi connectivity index (χ1v) is 6.40. The van der Waals surface area contributed by atoms with Crippen LogP contribution in [0.25, 0.3) is 0 Å². The fourth-order valence-corrected chi connectivity index (χ4v) is 2.98. The minimum absolute atomic E-state index is 0.0256. The van der Waals surface area contributed by atoms with E-state index in [1.54, 1.807) is 0 Å². The van der Waals surface area contributed by atoms with Crippen LogP contribution in [0.2, 0.25) is 0 Å². The molecule has 1 aliphatic carbocycles. The molecule has 6 heteroatoms. The normalized spacial score (nSPS) is 19.8. The number of aliphatic hydroxyl groups is 1. The molecule has 1 aromatic rings. The van der Waals surface area contributed by atoms with Gasteiger partial charge >= 0.3 is 0 Å². The van der Waals surface area contributed by atoms with E-state index in [0.29, 0.717) is 0 Å². The first-order chi connectivity index (χ1) is 7.47. The summed E-state index contributed by atoms with van der Waals surface area (Å²) in [5.74, 6) is -0.552. The zero-order chi connectivity index (χ0) is 11.9. The van der Waals surface area contributed by atoms with Crippen molar-refractivity contribution in [3.8, 4) is 0 Å². The van der Waals surface area contributed by atoms with Crippen LogP contribution in [0.15, 0.2) is 17.0 Å². The smallest absolute Gasteiger partial charge is 0.207 e. The molecule has 1 aromatic carbocycles. The average Bonchev–Trinajstić information content (AvgIpc) is 2.62. The summed E-state index contributed by atoms with van der Waals surface area (Å²) >= 11 is 0. The number of hydrogen-bond acceptors (Lipinski definition) is 3. The molecule has 0 spiro atoms. The zero-order valence-electron chi connectivity index (χ0n) is 8.28. The van der Waals surface area contributed by atoms with E-state index in [1.807, 2.05) is 0 Å². The highest BCUT2D eigenvalue weighted by atomic mass is 32.2. The lowest BCUT2D eigenvalue weighted by Gasteiger charge is -2.10. The molecule has 0 saturated heterocycles. The third-order valence-electron chi connectivity index (χ3n) is 2.74. The van der Waals surface area contributed by atoms with Crippen LogP contribution in [0, 0.1) is 5.82 Å². The van der Waals surface area contributed by atoms with Crippen LogP contribution in [-0.4, -0.2) is 19.5 Å². The Labute approximate surface area is 91.6 Å². The van der Waals surface area contributed by atoms with Crippen molar-refractivity contribution in [2.24, 2.45) is 0 Å². The molecule has 0 fully saturated rings. The maximum Gasteiger partial charge on any atom is 0.207 e. The average molecular weight is 248 g/mol. The largest absolute Gasteiger partial charge is 0.388 e. The van der Waals surface area contributed by atoms with Crippen molar-refractivity contribution in [1.29, 1.82) is 0 Å². The zero-order valence-corrected chi connectivity index (χ0v) is 9.10. The Hall–Kier alpha value is -1.01. The van der Waals surface area contributed by atoms with Crippen LogP contribution in [0.1, 0.15) is 23.7 Å². The summed E-state index contributed by atoms with van der Waals surface area (Å²) in [6.07, 6.45) is -0.481. The van der Waals surface area contributed by atoms with Gasteiger partial charge in [-0.25, -0.2) is 17.2 Å². The lowest BCUT2D eigenvalue weighted by atomic mass is 10.1. The molecule has 3 nitrogen and oxygen atoms in total. The summed E-state index contributed by atoms with van der Waals surface area (Å²) in [5.41, 5.74) is 0.208. The molecular formula is C10H10F2O3S. The van der Waals surface area contributed by atoms with Crippen molar-refractivity contribution < 1.29 is 22.3 Å². The molecule has 0 amide bonds. The highest BCUT2D eigenvalue weighted by molar-refractivity contribution is 7.91. The summed E-state index contributed by atoms with van der Waals surface area (Å²) in [4.78, 5) is -0.295. The van der Waals surface area contributed by atoms with E-state index in [1.165, 1.54) is 0 Å². The van der Waals surface area contributed by atoms with E-state index in [9.17, 15) is 22.3 Å². The Balaban J connectivity index is 2.71. The van der Waals surface area contributed by atoms with Crippen molar-refractivity contribution in [3.05, 3.63) is 29.1 Å². The van der Waals surface area contributed by atoms with E-state index in [-0.39, 0.29) is 28.9 Å². The molecule has 1 atom stereocenters. The van der Waals surface area contributed by atoms with Gasteiger partial charge in [0.2, 0.25) is 9.84 Å². The van der Waals surface area contributed by atoms with Gasteiger partial charge in [-0.2, -0.15) is 0 Å². The van der Waals surface area contributed by atoms with Gasteiger partial charge < -0.3 is 5.11 Å². The van der Waals surface area contributed by atoms with E-state index < -0.39 is 27.8 Å². The number of sulfone groups is 1. The third-order valence-corrected chi connectivity index (χ3v) is 4.05. The summed E-state index contributed by atoms with van der Waals surface area (Å²) in [6.45, 7) is 0. The second kappa shape index (κ2) is 3.78. The predicted molar refractivity (Wildman–Crippen MR) is 52.8 cm³/mol. The Bertz CT molecular complexity index is 525. The van der Waals surface area contributed by atoms with Crippen LogP contribution >= 0.6 is 0 Å². The highest BCUT2D eigenvalue weighted by Crippen LogP contribution is 2.37. The third kappa shape index (κ3) is 1.62. The van der Waals surface area contributed by atoms with E-state index in [2.05, 4.69) is 0 Å². The molecule has 1 aliphatic rings. The van der Waals surface area contributed by atoms with Crippen LogP contribution in [-0.2, 0) is 16.3 Å². The van der Waals surface area contributed by atoms with Crippen molar-refractivity contribution in [1.82, 2.24) is 0 Å². The van der Waals surface area contributed by atoms with Gasteiger partial charge in [-0.15, -0.1) is 0 Å². The molecule has 0 unspecified atom stereocenters. The molecule has 0 saturated carbocycles. The number of alkyl halides is 1. The number of hydrogen-bond donors (Lipinski definition) is 1. The number of benzene rings is 1. The van der Waals surface area contributed by atoms with Crippen LogP contribution in [0.3, 0.4) is 0 Å². The molecule has 1 N–H and O–H groups in total. The second-order valence-corrected chi connectivity index (χ2v) is 5.60. The fraction of sp³-hybridized carbons (Fsp3) is 0.400. The van der Waals surface area contributed by atoms with Crippen molar-refractivity contribution in [2.75, 3.05) is 6.01 Å². The van der Waals surface area contributed by atoms with E-state index >= 15 is 0 Å². The van der Waals surface area contributed by atoms with E-state index in [0.717, 1.165) is 12.1 Å². The lowest BCUT2D eigenvalue weighted by Crippen LogP contribution is -2.09. The minimum Gasteiger partial charge on any atom is -0.388 e. The summed E-state index contributed by atoms with van der Waals surface area (Å²) < 4.78 is 48.5. The van der Waals surface area contributed by atoms with Crippen LogP contribution in [0.5, 0.6) is 0 Å². The topological polar surface area (TPSA) is 54.4 Å².